The molecule has 0 bridgehead atoms. The summed E-state index contributed by atoms with van der Waals surface area (Å²) >= 11 is 0. The molecule has 0 radical (unpaired) electrons. The van der Waals surface area contributed by atoms with E-state index in [1.54, 1.807) is 0 Å². The first-order chi connectivity index (χ1) is 5.37. The van der Waals surface area contributed by atoms with Gasteiger partial charge in [-0.3, -0.25) is 0 Å². The van der Waals surface area contributed by atoms with E-state index in [1.165, 1.54) is 0 Å². The largest absolute Gasteiger partial charge is 0.389 e. The molecule has 0 aliphatic heterocycles. The smallest absolute Gasteiger partial charge is 0.0743 e. The number of hydrogen-bond acceptors (Lipinski definition) is 2. The molecule has 1 atom stereocenters. The predicted octanol–water partition coefficient (Wildman–Crippen LogP) is 1.74. The van der Waals surface area contributed by atoms with Crippen LogP contribution in [0.3, 0.4) is 0 Å². The van der Waals surface area contributed by atoms with E-state index < -0.39 is 5.60 Å². The fourth-order valence-corrected chi connectivity index (χ4v) is 1.38. The Bertz CT molecular complexity index is 121. The number of rotatable bonds is 5. The second kappa shape index (κ2) is 4.83. The Hall–Kier alpha value is -0.0800. The molecule has 2 nitrogen and oxygen atoms in total. The van der Waals surface area contributed by atoms with Gasteiger partial charge >= 0.3 is 0 Å². The van der Waals surface area contributed by atoms with Crippen LogP contribution in [0.2, 0.25) is 0 Å². The first-order valence-corrected chi connectivity index (χ1v) is 4.78. The fraction of sp³-hybridized carbons (Fsp3) is 1.00. The molecule has 2 heteroatoms. The third kappa shape index (κ3) is 5.56. The number of likely N-dealkylation sites (N-methyl/N-ethyl adjacent to an activating group) is 1. The minimum absolute atomic E-state index is 0.524. The molecule has 0 fully saturated rings. The second-order valence-electron chi connectivity index (χ2n) is 4.44. The molecular formula is C10H23NO. The van der Waals surface area contributed by atoms with E-state index in [4.69, 9.17) is 0 Å². The molecule has 0 amide bonds. The van der Waals surface area contributed by atoms with Crippen LogP contribution in [-0.4, -0.2) is 35.7 Å². The monoisotopic (exact) mass is 173 g/mol. The minimum Gasteiger partial charge on any atom is -0.389 e. The van der Waals surface area contributed by atoms with Gasteiger partial charge in [-0.25, -0.2) is 0 Å². The van der Waals surface area contributed by atoms with Gasteiger partial charge in [-0.1, -0.05) is 20.8 Å². The van der Waals surface area contributed by atoms with Crippen LogP contribution in [0.1, 0.15) is 34.1 Å². The zero-order valence-corrected chi connectivity index (χ0v) is 9.09. The molecule has 0 saturated heterocycles. The SMILES string of the molecule is CCC(C)(O)CN(C)CC(C)C. The molecule has 0 aromatic rings. The van der Waals surface area contributed by atoms with Crippen LogP contribution in [0.5, 0.6) is 0 Å². The van der Waals surface area contributed by atoms with Crippen LogP contribution >= 0.6 is 0 Å². The second-order valence-corrected chi connectivity index (χ2v) is 4.44. The zero-order chi connectivity index (χ0) is 9.78. The highest BCUT2D eigenvalue weighted by molar-refractivity contribution is 4.74. The summed E-state index contributed by atoms with van der Waals surface area (Å²) in [6, 6.07) is 0. The lowest BCUT2D eigenvalue weighted by atomic mass is 10.0. The summed E-state index contributed by atoms with van der Waals surface area (Å²) < 4.78 is 0. The van der Waals surface area contributed by atoms with Crippen molar-refractivity contribution in [2.75, 3.05) is 20.1 Å². The Labute approximate surface area is 76.6 Å². The molecule has 0 heterocycles. The van der Waals surface area contributed by atoms with E-state index >= 15 is 0 Å². The Morgan fingerprint density at radius 1 is 1.42 bits per heavy atom. The van der Waals surface area contributed by atoms with Gasteiger partial charge in [0.1, 0.15) is 0 Å². The molecule has 0 aromatic carbocycles. The number of hydrogen-bond donors (Lipinski definition) is 1. The first-order valence-electron chi connectivity index (χ1n) is 4.78. The van der Waals surface area contributed by atoms with Crippen molar-refractivity contribution in [3.05, 3.63) is 0 Å². The molecular weight excluding hydrogens is 150 g/mol. The summed E-state index contributed by atoms with van der Waals surface area (Å²) in [5, 5.41) is 9.76. The Morgan fingerprint density at radius 3 is 2.25 bits per heavy atom. The highest BCUT2D eigenvalue weighted by Gasteiger charge is 2.19. The lowest BCUT2D eigenvalue weighted by molar-refractivity contribution is 0.0212. The van der Waals surface area contributed by atoms with Crippen molar-refractivity contribution in [2.24, 2.45) is 5.92 Å². The quantitative estimate of drug-likeness (QED) is 0.684. The van der Waals surface area contributed by atoms with E-state index in [-0.39, 0.29) is 0 Å². The van der Waals surface area contributed by atoms with Crippen molar-refractivity contribution in [1.82, 2.24) is 4.90 Å². The van der Waals surface area contributed by atoms with Crippen molar-refractivity contribution in [3.8, 4) is 0 Å². The van der Waals surface area contributed by atoms with Crippen molar-refractivity contribution in [2.45, 2.75) is 39.7 Å². The maximum Gasteiger partial charge on any atom is 0.0743 e. The molecule has 1 unspecified atom stereocenters. The summed E-state index contributed by atoms with van der Waals surface area (Å²) in [6.45, 7) is 10.1. The topological polar surface area (TPSA) is 23.5 Å². The van der Waals surface area contributed by atoms with Gasteiger partial charge in [0.05, 0.1) is 5.60 Å². The van der Waals surface area contributed by atoms with Crippen LogP contribution in [-0.2, 0) is 0 Å². The van der Waals surface area contributed by atoms with Gasteiger partial charge in [-0.05, 0) is 26.3 Å². The number of aliphatic hydroxyl groups is 1. The highest BCUT2D eigenvalue weighted by Crippen LogP contribution is 2.10. The molecule has 0 aliphatic carbocycles. The van der Waals surface area contributed by atoms with Crippen molar-refractivity contribution >= 4 is 0 Å². The van der Waals surface area contributed by atoms with Gasteiger partial charge in [-0.15, -0.1) is 0 Å². The van der Waals surface area contributed by atoms with Gasteiger partial charge in [0, 0.05) is 13.1 Å². The van der Waals surface area contributed by atoms with Crippen LogP contribution in [0, 0.1) is 5.92 Å². The third-order valence-electron chi connectivity index (χ3n) is 2.05. The Morgan fingerprint density at radius 2 is 1.92 bits per heavy atom. The van der Waals surface area contributed by atoms with E-state index in [9.17, 15) is 5.11 Å². The summed E-state index contributed by atoms with van der Waals surface area (Å²) in [5.74, 6) is 0.669. The Balaban J connectivity index is 3.75. The summed E-state index contributed by atoms with van der Waals surface area (Å²) in [6.07, 6.45) is 0.815. The van der Waals surface area contributed by atoms with Gasteiger partial charge in [-0.2, -0.15) is 0 Å². The van der Waals surface area contributed by atoms with Gasteiger partial charge in [0.25, 0.3) is 0 Å². The Kier molecular flexibility index (Phi) is 4.80. The van der Waals surface area contributed by atoms with E-state index in [1.807, 2.05) is 13.8 Å². The molecule has 0 saturated carbocycles. The first kappa shape index (κ1) is 11.9. The molecule has 1 N–H and O–H groups in total. The highest BCUT2D eigenvalue weighted by atomic mass is 16.3. The summed E-state index contributed by atoms with van der Waals surface area (Å²) in [7, 11) is 2.06. The zero-order valence-electron chi connectivity index (χ0n) is 9.09. The average Bonchev–Trinajstić information content (AvgIpc) is 1.84. The fourth-order valence-electron chi connectivity index (χ4n) is 1.38. The van der Waals surface area contributed by atoms with Gasteiger partial charge in [0.15, 0.2) is 0 Å². The molecule has 0 aliphatic rings. The minimum atomic E-state index is -0.524. The van der Waals surface area contributed by atoms with Crippen LogP contribution in [0.4, 0.5) is 0 Å². The average molecular weight is 173 g/mol. The van der Waals surface area contributed by atoms with Gasteiger partial charge in [0.2, 0.25) is 0 Å². The van der Waals surface area contributed by atoms with Crippen molar-refractivity contribution < 1.29 is 5.11 Å². The molecule has 12 heavy (non-hydrogen) atoms. The van der Waals surface area contributed by atoms with Crippen LogP contribution < -0.4 is 0 Å². The van der Waals surface area contributed by atoms with E-state index in [2.05, 4.69) is 25.8 Å². The summed E-state index contributed by atoms with van der Waals surface area (Å²) in [4.78, 5) is 2.19. The van der Waals surface area contributed by atoms with Crippen LogP contribution in [0.15, 0.2) is 0 Å². The van der Waals surface area contributed by atoms with E-state index in [0.717, 1.165) is 19.5 Å². The normalized spacial score (nSPS) is 17.0. The van der Waals surface area contributed by atoms with Crippen molar-refractivity contribution in [3.63, 3.8) is 0 Å². The standard InChI is InChI=1S/C10H23NO/c1-6-10(4,12)8-11(5)7-9(2)3/h9,12H,6-8H2,1-5H3. The van der Waals surface area contributed by atoms with E-state index in [0.29, 0.717) is 5.92 Å². The lowest BCUT2D eigenvalue weighted by Crippen LogP contribution is -2.39. The summed E-state index contributed by atoms with van der Waals surface area (Å²) in [5.41, 5.74) is -0.524. The number of nitrogens with zero attached hydrogens (tertiary/aromatic N) is 1. The van der Waals surface area contributed by atoms with Crippen LogP contribution in [0.25, 0.3) is 0 Å². The predicted molar refractivity (Wildman–Crippen MR) is 53.2 cm³/mol. The third-order valence-corrected chi connectivity index (χ3v) is 2.05. The molecule has 0 aromatic heterocycles. The maximum atomic E-state index is 9.76. The van der Waals surface area contributed by atoms with Crippen molar-refractivity contribution in [1.29, 1.82) is 0 Å². The van der Waals surface area contributed by atoms with Gasteiger partial charge < -0.3 is 10.0 Å². The molecule has 0 rings (SSSR count). The lowest BCUT2D eigenvalue weighted by Gasteiger charge is -2.28. The maximum absolute atomic E-state index is 9.76. The molecule has 0 spiro atoms. The molecule has 74 valence electrons.